The lowest BCUT2D eigenvalue weighted by Crippen LogP contribution is -2.52. The second kappa shape index (κ2) is 9.05. The van der Waals surface area contributed by atoms with Crippen LogP contribution in [0.1, 0.15) is 24.8 Å². The number of aliphatic hydroxyl groups excluding tert-OH is 1. The summed E-state index contributed by atoms with van der Waals surface area (Å²) in [6.45, 7) is -0.358. The van der Waals surface area contributed by atoms with Crippen LogP contribution in [0, 0.1) is 0 Å². The number of halogens is 3. The molecule has 0 spiro atoms. The molecule has 0 bridgehead atoms. The van der Waals surface area contributed by atoms with Gasteiger partial charge in [0.2, 0.25) is 0 Å². The van der Waals surface area contributed by atoms with E-state index < -0.39 is 42.0 Å². The van der Waals surface area contributed by atoms with Crippen LogP contribution < -0.4 is 10.6 Å². The van der Waals surface area contributed by atoms with Crippen molar-refractivity contribution in [3.05, 3.63) is 29.8 Å². The third kappa shape index (κ3) is 6.10. The van der Waals surface area contributed by atoms with Gasteiger partial charge in [-0.1, -0.05) is 0 Å². The molecule has 1 aromatic rings. The Morgan fingerprint density at radius 2 is 1.93 bits per heavy atom. The summed E-state index contributed by atoms with van der Waals surface area (Å²) in [6, 6.07) is 2.90. The average molecular weight is 390 g/mol. The third-order valence-electron chi connectivity index (χ3n) is 4.20. The monoisotopic (exact) mass is 390 g/mol. The molecule has 2 amide bonds. The molecule has 1 saturated heterocycles. The highest BCUT2D eigenvalue weighted by atomic mass is 19.4. The van der Waals surface area contributed by atoms with Crippen molar-refractivity contribution >= 4 is 17.7 Å². The highest BCUT2D eigenvalue weighted by Gasteiger charge is 2.33. The van der Waals surface area contributed by atoms with Crippen molar-refractivity contribution in [1.82, 2.24) is 5.32 Å². The van der Waals surface area contributed by atoms with E-state index in [1.165, 1.54) is 7.11 Å². The van der Waals surface area contributed by atoms with E-state index in [1.807, 2.05) is 0 Å². The summed E-state index contributed by atoms with van der Waals surface area (Å²) >= 11 is 0. The molecule has 0 unspecified atom stereocenters. The van der Waals surface area contributed by atoms with Crippen molar-refractivity contribution in [1.29, 1.82) is 0 Å². The number of aliphatic hydroxyl groups is 1. The summed E-state index contributed by atoms with van der Waals surface area (Å²) in [6.07, 6.45) is -4.56. The van der Waals surface area contributed by atoms with E-state index in [2.05, 4.69) is 15.4 Å². The number of anilines is 1. The first-order chi connectivity index (χ1) is 12.7. The molecule has 10 heteroatoms. The number of carbonyl (C=O) groups is 2. The van der Waals surface area contributed by atoms with Gasteiger partial charge in [-0.15, -0.1) is 0 Å². The van der Waals surface area contributed by atoms with Gasteiger partial charge < -0.3 is 25.2 Å². The number of benzene rings is 1. The van der Waals surface area contributed by atoms with Gasteiger partial charge in [0.05, 0.1) is 37.8 Å². The van der Waals surface area contributed by atoms with Crippen molar-refractivity contribution in [2.24, 2.45) is 0 Å². The topological polar surface area (TPSA) is 96.9 Å². The van der Waals surface area contributed by atoms with Crippen LogP contribution in [0.25, 0.3) is 0 Å². The zero-order valence-electron chi connectivity index (χ0n) is 14.6. The van der Waals surface area contributed by atoms with Crippen LogP contribution in [-0.2, 0) is 20.4 Å². The summed E-state index contributed by atoms with van der Waals surface area (Å²) in [5, 5.41) is 14.5. The fraction of sp³-hybridized carbons (Fsp3) is 0.529. The van der Waals surface area contributed by atoms with Crippen LogP contribution in [0.3, 0.4) is 0 Å². The summed E-state index contributed by atoms with van der Waals surface area (Å²) in [5.41, 5.74) is -0.618. The SMILES string of the molecule is COC(=O)C[C@@H]1CC[C@@H](NC(=O)Nc2ccc(C(F)(F)F)cc2)[C@@H](CO)O1. The third-order valence-corrected chi connectivity index (χ3v) is 4.20. The Morgan fingerprint density at radius 1 is 1.26 bits per heavy atom. The van der Waals surface area contributed by atoms with E-state index >= 15 is 0 Å². The first kappa shape index (κ1) is 21.0. The number of methoxy groups -OCH3 is 1. The van der Waals surface area contributed by atoms with E-state index in [0.29, 0.717) is 12.8 Å². The Labute approximate surface area is 153 Å². The molecule has 0 aromatic heterocycles. The van der Waals surface area contributed by atoms with Gasteiger partial charge >= 0.3 is 18.2 Å². The van der Waals surface area contributed by atoms with Crippen LogP contribution in [0.15, 0.2) is 24.3 Å². The molecular weight excluding hydrogens is 369 g/mol. The lowest BCUT2D eigenvalue weighted by atomic mass is 9.97. The number of esters is 1. The molecule has 2 rings (SSSR count). The smallest absolute Gasteiger partial charge is 0.416 e. The Kier molecular flexibility index (Phi) is 7.03. The molecule has 27 heavy (non-hydrogen) atoms. The van der Waals surface area contributed by atoms with Gasteiger partial charge in [0.15, 0.2) is 0 Å². The van der Waals surface area contributed by atoms with Crippen molar-refractivity contribution in [2.75, 3.05) is 19.0 Å². The van der Waals surface area contributed by atoms with Crippen molar-refractivity contribution in [3.63, 3.8) is 0 Å². The van der Waals surface area contributed by atoms with E-state index in [4.69, 9.17) is 4.74 Å². The molecule has 7 nitrogen and oxygen atoms in total. The zero-order chi connectivity index (χ0) is 20.0. The number of alkyl halides is 3. The molecule has 0 radical (unpaired) electrons. The van der Waals surface area contributed by atoms with E-state index in [0.717, 1.165) is 24.3 Å². The molecule has 0 saturated carbocycles. The minimum absolute atomic E-state index is 0.0530. The van der Waals surface area contributed by atoms with E-state index in [9.17, 15) is 27.9 Å². The van der Waals surface area contributed by atoms with E-state index in [-0.39, 0.29) is 18.7 Å². The number of hydrogen-bond donors (Lipinski definition) is 3. The summed E-state index contributed by atoms with van der Waals surface area (Å²) in [7, 11) is 1.27. The maximum Gasteiger partial charge on any atom is 0.416 e. The fourth-order valence-electron chi connectivity index (χ4n) is 2.79. The Balaban J connectivity index is 1.88. The number of amides is 2. The molecule has 150 valence electrons. The van der Waals surface area contributed by atoms with Crippen LogP contribution >= 0.6 is 0 Å². The van der Waals surface area contributed by atoms with Gasteiger partial charge in [0.25, 0.3) is 0 Å². The van der Waals surface area contributed by atoms with Gasteiger partial charge in [-0.3, -0.25) is 4.79 Å². The van der Waals surface area contributed by atoms with Crippen molar-refractivity contribution in [3.8, 4) is 0 Å². The maximum absolute atomic E-state index is 12.5. The number of rotatable bonds is 5. The second-order valence-corrected chi connectivity index (χ2v) is 6.12. The standard InChI is InChI=1S/C17H21F3N2O5/c1-26-15(24)8-12-6-7-13(14(9-23)27-12)22-16(25)21-11-4-2-10(3-5-11)17(18,19)20/h2-5,12-14,23H,6-9H2,1H3,(H2,21,22,25)/t12-,13+,14+/m0/s1. The zero-order valence-corrected chi connectivity index (χ0v) is 14.6. The lowest BCUT2D eigenvalue weighted by Gasteiger charge is -2.35. The number of hydrogen-bond acceptors (Lipinski definition) is 5. The fourth-order valence-corrected chi connectivity index (χ4v) is 2.79. The molecule has 1 fully saturated rings. The van der Waals surface area contributed by atoms with Crippen LogP contribution in [-0.4, -0.2) is 49.1 Å². The minimum Gasteiger partial charge on any atom is -0.469 e. The van der Waals surface area contributed by atoms with Gasteiger partial charge in [0.1, 0.15) is 6.10 Å². The van der Waals surface area contributed by atoms with Crippen LogP contribution in [0.4, 0.5) is 23.7 Å². The predicted molar refractivity (Wildman–Crippen MR) is 89.0 cm³/mol. The Morgan fingerprint density at radius 3 is 2.48 bits per heavy atom. The van der Waals surface area contributed by atoms with Crippen molar-refractivity contribution < 1.29 is 37.3 Å². The van der Waals surface area contributed by atoms with Gasteiger partial charge in [-0.05, 0) is 37.1 Å². The molecule has 1 aliphatic rings. The highest BCUT2D eigenvalue weighted by Crippen LogP contribution is 2.29. The molecule has 1 heterocycles. The van der Waals surface area contributed by atoms with Gasteiger partial charge in [-0.25, -0.2) is 4.79 Å². The first-order valence-electron chi connectivity index (χ1n) is 8.31. The number of carbonyl (C=O) groups excluding carboxylic acids is 2. The first-order valence-corrected chi connectivity index (χ1v) is 8.31. The average Bonchev–Trinajstić information content (AvgIpc) is 2.62. The molecule has 1 aromatic carbocycles. The van der Waals surface area contributed by atoms with Crippen LogP contribution in [0.2, 0.25) is 0 Å². The Hall–Kier alpha value is -2.33. The minimum atomic E-state index is -4.45. The van der Waals surface area contributed by atoms with Crippen molar-refractivity contribution in [2.45, 2.75) is 43.7 Å². The number of nitrogens with one attached hydrogen (secondary N) is 2. The normalized spacial score (nSPS) is 22.8. The molecule has 1 aliphatic heterocycles. The highest BCUT2D eigenvalue weighted by molar-refractivity contribution is 5.89. The molecule has 3 N–H and O–H groups in total. The maximum atomic E-state index is 12.5. The largest absolute Gasteiger partial charge is 0.469 e. The quantitative estimate of drug-likeness (QED) is 0.671. The summed E-state index contributed by atoms with van der Waals surface area (Å²) in [4.78, 5) is 23.4. The predicted octanol–water partition coefficient (Wildman–Crippen LogP) is 2.30. The molecule has 0 aliphatic carbocycles. The lowest BCUT2D eigenvalue weighted by molar-refractivity contribution is -0.149. The summed E-state index contributed by atoms with van der Waals surface area (Å²) in [5.74, 6) is -0.428. The van der Waals surface area contributed by atoms with Gasteiger partial charge in [0, 0.05) is 5.69 Å². The summed E-state index contributed by atoms with van der Waals surface area (Å²) < 4.78 is 47.8. The number of ether oxygens (including phenoxy) is 2. The van der Waals surface area contributed by atoms with E-state index in [1.54, 1.807) is 0 Å². The van der Waals surface area contributed by atoms with Crippen LogP contribution in [0.5, 0.6) is 0 Å². The number of urea groups is 1. The second-order valence-electron chi connectivity index (χ2n) is 6.12. The van der Waals surface area contributed by atoms with Gasteiger partial charge in [-0.2, -0.15) is 13.2 Å². The molecule has 3 atom stereocenters. The Bertz CT molecular complexity index is 651. The molecular formula is C17H21F3N2O5.